The number of rotatable bonds is 8. The zero-order valence-corrected chi connectivity index (χ0v) is 10.7. The van der Waals surface area contributed by atoms with Gasteiger partial charge < -0.3 is 10.1 Å². The van der Waals surface area contributed by atoms with Gasteiger partial charge in [-0.1, -0.05) is 26.0 Å². The average Bonchev–Trinajstić information content (AvgIpc) is 2.38. The third-order valence-electron chi connectivity index (χ3n) is 2.68. The van der Waals surface area contributed by atoms with Gasteiger partial charge in [-0.3, -0.25) is 0 Å². The largest absolute Gasteiger partial charge is 0.491 e. The second-order valence-corrected chi connectivity index (χ2v) is 4.02. The Morgan fingerprint density at radius 1 is 1.24 bits per heavy atom. The molecule has 0 heterocycles. The monoisotopic (exact) mass is 239 g/mol. The van der Waals surface area contributed by atoms with E-state index >= 15 is 0 Å². The van der Waals surface area contributed by atoms with Crippen LogP contribution in [0.5, 0.6) is 5.75 Å². The van der Waals surface area contributed by atoms with Crippen LogP contribution in [0, 0.1) is 0 Å². The van der Waals surface area contributed by atoms with E-state index in [0.717, 1.165) is 25.1 Å². The number of halogens is 1. The van der Waals surface area contributed by atoms with E-state index in [-0.39, 0.29) is 6.61 Å². The molecular formula is C14H22FNO. The Morgan fingerprint density at radius 3 is 2.47 bits per heavy atom. The highest BCUT2D eigenvalue weighted by molar-refractivity contribution is 5.29. The lowest BCUT2D eigenvalue weighted by Gasteiger charge is -2.17. The maximum Gasteiger partial charge on any atom is 0.123 e. The van der Waals surface area contributed by atoms with Crippen LogP contribution in [-0.2, 0) is 0 Å². The first-order valence-electron chi connectivity index (χ1n) is 6.33. The van der Waals surface area contributed by atoms with Crippen LogP contribution in [0.1, 0.15) is 38.3 Å². The van der Waals surface area contributed by atoms with E-state index in [1.54, 1.807) is 0 Å². The lowest BCUT2D eigenvalue weighted by molar-refractivity contribution is 0.273. The molecule has 0 radical (unpaired) electrons. The molecule has 0 aromatic heterocycles. The standard InChI is InChI=1S/C14H22FNO/c1-3-10-16-14(4-2)12-5-7-13(8-6-12)17-11-9-15/h5-8,14,16H,3-4,9-11H2,1-2H3. The van der Waals surface area contributed by atoms with Gasteiger partial charge in [0.05, 0.1) is 0 Å². The summed E-state index contributed by atoms with van der Waals surface area (Å²) in [4.78, 5) is 0. The van der Waals surface area contributed by atoms with Gasteiger partial charge >= 0.3 is 0 Å². The van der Waals surface area contributed by atoms with Crippen LogP contribution < -0.4 is 10.1 Å². The molecule has 1 atom stereocenters. The van der Waals surface area contributed by atoms with Gasteiger partial charge in [0.25, 0.3) is 0 Å². The Kier molecular flexibility index (Phi) is 6.63. The minimum absolute atomic E-state index is 0.130. The Hall–Kier alpha value is -1.09. The molecule has 1 rings (SSSR count). The molecule has 3 heteroatoms. The van der Waals surface area contributed by atoms with Crippen molar-refractivity contribution >= 4 is 0 Å². The van der Waals surface area contributed by atoms with E-state index in [4.69, 9.17) is 4.74 Å². The predicted octanol–water partition coefficient (Wildman–Crippen LogP) is 3.49. The zero-order chi connectivity index (χ0) is 12.5. The fourth-order valence-electron chi connectivity index (χ4n) is 1.77. The van der Waals surface area contributed by atoms with Gasteiger partial charge in [-0.05, 0) is 37.1 Å². The van der Waals surface area contributed by atoms with Gasteiger partial charge in [-0.15, -0.1) is 0 Å². The maximum absolute atomic E-state index is 11.9. The molecule has 0 amide bonds. The molecule has 17 heavy (non-hydrogen) atoms. The summed E-state index contributed by atoms with van der Waals surface area (Å²) in [6.07, 6.45) is 2.19. The quantitative estimate of drug-likeness (QED) is 0.750. The van der Waals surface area contributed by atoms with Crippen LogP contribution >= 0.6 is 0 Å². The third-order valence-corrected chi connectivity index (χ3v) is 2.68. The Morgan fingerprint density at radius 2 is 1.94 bits per heavy atom. The number of nitrogens with one attached hydrogen (secondary N) is 1. The smallest absolute Gasteiger partial charge is 0.123 e. The van der Waals surface area contributed by atoms with Crippen molar-refractivity contribution < 1.29 is 9.13 Å². The van der Waals surface area contributed by atoms with Crippen LogP contribution in [-0.4, -0.2) is 19.8 Å². The fourth-order valence-corrected chi connectivity index (χ4v) is 1.77. The molecular weight excluding hydrogens is 217 g/mol. The minimum atomic E-state index is -0.447. The van der Waals surface area contributed by atoms with Crippen molar-refractivity contribution in [3.05, 3.63) is 29.8 Å². The highest BCUT2D eigenvalue weighted by Gasteiger charge is 2.07. The highest BCUT2D eigenvalue weighted by Crippen LogP contribution is 2.20. The minimum Gasteiger partial charge on any atom is -0.491 e. The van der Waals surface area contributed by atoms with Crippen molar-refractivity contribution in [2.24, 2.45) is 0 Å². The Labute approximate surface area is 103 Å². The topological polar surface area (TPSA) is 21.3 Å². The summed E-state index contributed by atoms with van der Waals surface area (Å²) in [5.41, 5.74) is 1.26. The molecule has 0 saturated heterocycles. The van der Waals surface area contributed by atoms with E-state index < -0.39 is 6.67 Å². The summed E-state index contributed by atoms with van der Waals surface area (Å²) >= 11 is 0. The number of hydrogen-bond acceptors (Lipinski definition) is 2. The first-order valence-corrected chi connectivity index (χ1v) is 6.33. The molecule has 96 valence electrons. The molecule has 1 unspecified atom stereocenters. The lowest BCUT2D eigenvalue weighted by atomic mass is 10.0. The fraction of sp³-hybridized carbons (Fsp3) is 0.571. The summed E-state index contributed by atoms with van der Waals surface area (Å²) in [6, 6.07) is 8.29. The number of ether oxygens (including phenoxy) is 1. The molecule has 0 aliphatic rings. The molecule has 0 aliphatic carbocycles. The van der Waals surface area contributed by atoms with Gasteiger partial charge in [0.2, 0.25) is 0 Å². The molecule has 0 fully saturated rings. The van der Waals surface area contributed by atoms with E-state index in [9.17, 15) is 4.39 Å². The van der Waals surface area contributed by atoms with Crippen LogP contribution in [0.25, 0.3) is 0 Å². The van der Waals surface area contributed by atoms with Crippen molar-refractivity contribution in [3.8, 4) is 5.75 Å². The molecule has 0 spiro atoms. The van der Waals surface area contributed by atoms with Crippen LogP contribution in [0.2, 0.25) is 0 Å². The van der Waals surface area contributed by atoms with Gasteiger partial charge in [0.1, 0.15) is 19.0 Å². The summed E-state index contributed by atoms with van der Waals surface area (Å²) in [5, 5.41) is 3.50. The van der Waals surface area contributed by atoms with Crippen LogP contribution in [0.15, 0.2) is 24.3 Å². The summed E-state index contributed by atoms with van der Waals surface area (Å²) in [5.74, 6) is 0.733. The number of alkyl halides is 1. The van der Waals surface area contributed by atoms with Gasteiger partial charge in [0, 0.05) is 6.04 Å². The van der Waals surface area contributed by atoms with Crippen molar-refractivity contribution in [1.82, 2.24) is 5.32 Å². The molecule has 1 aromatic rings. The SMILES string of the molecule is CCCNC(CC)c1ccc(OCCF)cc1. The molecule has 1 aromatic carbocycles. The first kappa shape index (κ1) is 14.0. The second-order valence-electron chi connectivity index (χ2n) is 4.02. The summed E-state index contributed by atoms with van der Waals surface area (Å²) in [6.45, 7) is 5.04. The van der Waals surface area contributed by atoms with Crippen LogP contribution in [0.4, 0.5) is 4.39 Å². The van der Waals surface area contributed by atoms with E-state index in [2.05, 4.69) is 19.2 Å². The first-order chi connectivity index (χ1) is 8.31. The number of benzene rings is 1. The van der Waals surface area contributed by atoms with Crippen molar-refractivity contribution in [3.63, 3.8) is 0 Å². The Balaban J connectivity index is 2.57. The average molecular weight is 239 g/mol. The maximum atomic E-state index is 11.9. The Bertz CT molecular complexity index is 300. The molecule has 0 bridgehead atoms. The molecule has 0 saturated carbocycles. The highest BCUT2D eigenvalue weighted by atomic mass is 19.1. The van der Waals surface area contributed by atoms with E-state index in [1.807, 2.05) is 24.3 Å². The van der Waals surface area contributed by atoms with Crippen molar-refractivity contribution in [2.75, 3.05) is 19.8 Å². The summed E-state index contributed by atoms with van der Waals surface area (Å²) < 4.78 is 17.2. The van der Waals surface area contributed by atoms with Gasteiger partial charge in [0.15, 0.2) is 0 Å². The van der Waals surface area contributed by atoms with E-state index in [1.165, 1.54) is 5.56 Å². The van der Waals surface area contributed by atoms with Crippen LogP contribution in [0.3, 0.4) is 0 Å². The normalized spacial score (nSPS) is 12.4. The number of hydrogen-bond donors (Lipinski definition) is 1. The molecule has 0 aliphatic heterocycles. The molecule has 1 N–H and O–H groups in total. The molecule has 2 nitrogen and oxygen atoms in total. The zero-order valence-electron chi connectivity index (χ0n) is 10.7. The van der Waals surface area contributed by atoms with Crippen molar-refractivity contribution in [1.29, 1.82) is 0 Å². The van der Waals surface area contributed by atoms with Gasteiger partial charge in [-0.25, -0.2) is 4.39 Å². The lowest BCUT2D eigenvalue weighted by Crippen LogP contribution is -2.21. The van der Waals surface area contributed by atoms with Gasteiger partial charge in [-0.2, -0.15) is 0 Å². The van der Waals surface area contributed by atoms with Crippen molar-refractivity contribution in [2.45, 2.75) is 32.7 Å². The predicted molar refractivity (Wildman–Crippen MR) is 69.2 cm³/mol. The van der Waals surface area contributed by atoms with E-state index in [0.29, 0.717) is 6.04 Å². The summed E-state index contributed by atoms with van der Waals surface area (Å²) in [7, 11) is 0. The third kappa shape index (κ3) is 4.73. The second kappa shape index (κ2) is 8.07.